The maximum absolute atomic E-state index is 13.7. The summed E-state index contributed by atoms with van der Waals surface area (Å²) in [7, 11) is 0. The summed E-state index contributed by atoms with van der Waals surface area (Å²) in [6.45, 7) is 2.43. The van der Waals surface area contributed by atoms with Gasteiger partial charge in [0.05, 0.1) is 37.0 Å². The number of morpholine rings is 1. The van der Waals surface area contributed by atoms with E-state index in [1.165, 1.54) is 12.1 Å². The van der Waals surface area contributed by atoms with E-state index in [9.17, 15) is 18.0 Å². The van der Waals surface area contributed by atoms with E-state index < -0.39 is 17.6 Å². The van der Waals surface area contributed by atoms with Crippen molar-refractivity contribution in [2.75, 3.05) is 36.5 Å². The number of hydrogen-bond acceptors (Lipinski definition) is 4. The fourth-order valence-corrected chi connectivity index (χ4v) is 4.00. The van der Waals surface area contributed by atoms with E-state index in [1.807, 2.05) is 39.9 Å². The van der Waals surface area contributed by atoms with Crippen LogP contribution in [0.3, 0.4) is 0 Å². The number of amides is 1. The van der Waals surface area contributed by atoms with Crippen LogP contribution in [-0.2, 0) is 22.3 Å². The van der Waals surface area contributed by atoms with Gasteiger partial charge in [0.2, 0.25) is 5.91 Å². The first-order valence-corrected chi connectivity index (χ1v) is 10.8. The van der Waals surface area contributed by atoms with Crippen molar-refractivity contribution >= 4 is 34.3 Å². The molecule has 2 aromatic carbocycles. The Morgan fingerprint density at radius 3 is 2.68 bits per heavy atom. The monoisotopic (exact) mass is 468 g/mol. The number of aromatic nitrogens is 1. The van der Waals surface area contributed by atoms with Crippen molar-refractivity contribution in [3.05, 3.63) is 65.9 Å². The summed E-state index contributed by atoms with van der Waals surface area (Å²) in [5, 5.41) is 12.1. The van der Waals surface area contributed by atoms with Gasteiger partial charge in [-0.25, -0.2) is 0 Å². The molecular formula is C25H23F3N4O2. The predicted octanol–water partition coefficient (Wildman–Crippen LogP) is 5.06. The molecule has 1 aliphatic heterocycles. The third-order valence-corrected chi connectivity index (χ3v) is 5.64. The Morgan fingerprint density at radius 1 is 1.18 bits per heavy atom. The first-order valence-electron chi connectivity index (χ1n) is 10.8. The van der Waals surface area contributed by atoms with Crippen LogP contribution in [0.15, 0.2) is 54.7 Å². The van der Waals surface area contributed by atoms with Crippen molar-refractivity contribution in [1.29, 1.82) is 5.26 Å². The third-order valence-electron chi connectivity index (χ3n) is 5.64. The molecule has 1 saturated heterocycles. The van der Waals surface area contributed by atoms with Crippen molar-refractivity contribution in [3.63, 3.8) is 0 Å². The molecule has 4 rings (SSSR count). The third kappa shape index (κ3) is 5.24. The molecule has 0 bridgehead atoms. The number of anilines is 2. The van der Waals surface area contributed by atoms with Crippen LogP contribution in [0, 0.1) is 11.3 Å². The average molecular weight is 468 g/mol. The zero-order chi connectivity index (χ0) is 24.1. The van der Waals surface area contributed by atoms with E-state index in [0.29, 0.717) is 45.0 Å². The van der Waals surface area contributed by atoms with Gasteiger partial charge >= 0.3 is 6.18 Å². The zero-order valence-electron chi connectivity index (χ0n) is 18.3. The van der Waals surface area contributed by atoms with Gasteiger partial charge in [0, 0.05) is 54.1 Å². The molecule has 0 unspecified atom stereocenters. The van der Waals surface area contributed by atoms with Crippen LogP contribution < -0.4 is 10.2 Å². The zero-order valence-corrected chi connectivity index (χ0v) is 18.3. The standard InChI is InChI=1S/C25H23F3N4O2/c26-25(27,28)21-16-19(31-12-14-34-15-13-31)7-8-22(21)30-24(33)9-6-18-17-32(11-3-10-29)23-5-2-1-4-20(18)23/h1-2,4-9,16-17H,3,11-15H2,(H,30,33)/b9-6+. The van der Waals surface area contributed by atoms with Crippen LogP contribution in [0.25, 0.3) is 17.0 Å². The first-order chi connectivity index (χ1) is 16.4. The quantitative estimate of drug-likeness (QED) is 0.514. The highest BCUT2D eigenvalue weighted by Gasteiger charge is 2.34. The molecule has 2 heterocycles. The molecule has 9 heteroatoms. The number of carbonyl (C=O) groups is 1. The molecule has 1 fully saturated rings. The number of hydrogen-bond donors (Lipinski definition) is 1. The largest absolute Gasteiger partial charge is 0.418 e. The van der Waals surface area contributed by atoms with Crippen LogP contribution in [0.4, 0.5) is 24.5 Å². The molecule has 0 spiro atoms. The molecule has 1 N–H and O–H groups in total. The number of fused-ring (bicyclic) bond motifs is 1. The van der Waals surface area contributed by atoms with Gasteiger partial charge in [-0.15, -0.1) is 0 Å². The Balaban J connectivity index is 1.55. The molecule has 6 nitrogen and oxygen atoms in total. The van der Waals surface area contributed by atoms with E-state index in [1.54, 1.807) is 12.1 Å². The SMILES string of the molecule is N#CCCn1cc(/C=C/C(=O)Nc2ccc(N3CCOCC3)cc2C(F)(F)F)c2ccccc21. The van der Waals surface area contributed by atoms with Crippen LogP contribution in [0.1, 0.15) is 17.5 Å². The second-order valence-corrected chi connectivity index (χ2v) is 7.85. The minimum Gasteiger partial charge on any atom is -0.378 e. The summed E-state index contributed by atoms with van der Waals surface area (Å²) in [6.07, 6.45) is 0.318. The van der Waals surface area contributed by atoms with E-state index in [-0.39, 0.29) is 5.69 Å². The first kappa shape index (κ1) is 23.4. The second kappa shape index (κ2) is 10.0. The number of aryl methyl sites for hydroxylation is 1. The van der Waals surface area contributed by atoms with E-state index in [0.717, 1.165) is 22.5 Å². The number of alkyl halides is 3. The summed E-state index contributed by atoms with van der Waals surface area (Å²) in [5.41, 5.74) is 0.898. The predicted molar refractivity (Wildman–Crippen MR) is 124 cm³/mol. The van der Waals surface area contributed by atoms with Gasteiger partial charge in [-0.1, -0.05) is 18.2 Å². The molecule has 0 radical (unpaired) electrons. The number of rotatable bonds is 6. The fraction of sp³-hybridized carbons (Fsp3) is 0.280. The van der Waals surface area contributed by atoms with Crippen LogP contribution in [0.5, 0.6) is 0 Å². The number of halogens is 3. The lowest BCUT2D eigenvalue weighted by molar-refractivity contribution is -0.136. The topological polar surface area (TPSA) is 70.3 Å². The highest BCUT2D eigenvalue weighted by Crippen LogP contribution is 2.37. The highest BCUT2D eigenvalue weighted by molar-refractivity contribution is 6.04. The lowest BCUT2D eigenvalue weighted by atomic mass is 10.1. The Bertz CT molecular complexity index is 1250. The summed E-state index contributed by atoms with van der Waals surface area (Å²) >= 11 is 0. The number of benzene rings is 2. The molecule has 0 saturated carbocycles. The van der Waals surface area contributed by atoms with Crippen molar-refractivity contribution in [2.45, 2.75) is 19.1 Å². The van der Waals surface area contributed by atoms with E-state index in [2.05, 4.69) is 11.4 Å². The number of carbonyl (C=O) groups excluding carboxylic acids is 1. The van der Waals surface area contributed by atoms with Crippen molar-refractivity contribution in [2.24, 2.45) is 0 Å². The van der Waals surface area contributed by atoms with Gasteiger partial charge in [0.1, 0.15) is 0 Å². The second-order valence-electron chi connectivity index (χ2n) is 7.85. The Hall–Kier alpha value is -3.77. The molecule has 176 valence electrons. The highest BCUT2D eigenvalue weighted by atomic mass is 19.4. The minimum atomic E-state index is -4.62. The Morgan fingerprint density at radius 2 is 1.94 bits per heavy atom. The van der Waals surface area contributed by atoms with E-state index >= 15 is 0 Å². The summed E-state index contributed by atoms with van der Waals surface area (Å²) < 4.78 is 48.4. The van der Waals surface area contributed by atoms with Gasteiger partial charge in [-0.2, -0.15) is 18.4 Å². The fourth-order valence-electron chi connectivity index (χ4n) is 4.00. The van der Waals surface area contributed by atoms with Crippen molar-refractivity contribution < 1.29 is 22.7 Å². The Labute approximate surface area is 194 Å². The molecule has 1 aliphatic rings. The number of nitrogens with zero attached hydrogens (tertiary/aromatic N) is 3. The summed E-state index contributed by atoms with van der Waals surface area (Å²) in [4.78, 5) is 14.4. The number of nitriles is 1. The van der Waals surface area contributed by atoms with Gasteiger partial charge in [-0.05, 0) is 30.3 Å². The molecule has 1 amide bonds. The smallest absolute Gasteiger partial charge is 0.378 e. The molecule has 1 aromatic heterocycles. The number of para-hydroxylation sites is 1. The average Bonchev–Trinajstić information content (AvgIpc) is 3.19. The van der Waals surface area contributed by atoms with Gasteiger partial charge in [-0.3, -0.25) is 4.79 Å². The normalized spacial score (nSPS) is 14.5. The maximum atomic E-state index is 13.7. The maximum Gasteiger partial charge on any atom is 0.418 e. The molecule has 0 aliphatic carbocycles. The van der Waals surface area contributed by atoms with Crippen LogP contribution in [-0.4, -0.2) is 36.8 Å². The van der Waals surface area contributed by atoms with Gasteiger partial charge < -0.3 is 19.5 Å². The van der Waals surface area contributed by atoms with E-state index in [4.69, 9.17) is 10.00 Å². The van der Waals surface area contributed by atoms with Crippen molar-refractivity contribution in [3.8, 4) is 6.07 Å². The lowest BCUT2D eigenvalue weighted by Crippen LogP contribution is -2.36. The molecule has 3 aromatic rings. The summed E-state index contributed by atoms with van der Waals surface area (Å²) in [6, 6.07) is 13.6. The van der Waals surface area contributed by atoms with Crippen molar-refractivity contribution in [1.82, 2.24) is 4.57 Å². The summed E-state index contributed by atoms with van der Waals surface area (Å²) in [5.74, 6) is -0.668. The number of nitrogens with one attached hydrogen (secondary N) is 1. The number of ether oxygens (including phenoxy) is 1. The van der Waals surface area contributed by atoms with Gasteiger partial charge in [0.15, 0.2) is 0 Å². The minimum absolute atomic E-state index is 0.296. The van der Waals surface area contributed by atoms with Gasteiger partial charge in [0.25, 0.3) is 0 Å². The molecule has 34 heavy (non-hydrogen) atoms. The molecule has 0 atom stereocenters. The molecular weight excluding hydrogens is 445 g/mol. The lowest BCUT2D eigenvalue weighted by Gasteiger charge is -2.29. The van der Waals surface area contributed by atoms with Crippen LogP contribution in [0.2, 0.25) is 0 Å². The van der Waals surface area contributed by atoms with Crippen LogP contribution >= 0.6 is 0 Å². The Kier molecular flexibility index (Phi) is 6.89.